The van der Waals surface area contributed by atoms with Crippen LogP contribution in [0.2, 0.25) is 0 Å². The van der Waals surface area contributed by atoms with Gasteiger partial charge in [0.25, 0.3) is 0 Å². The maximum atomic E-state index is 13.8. The number of rotatable bonds is 11. The zero-order valence-corrected chi connectivity index (χ0v) is 26.3. The van der Waals surface area contributed by atoms with Gasteiger partial charge in [0.15, 0.2) is 11.5 Å². The van der Waals surface area contributed by atoms with Crippen molar-refractivity contribution in [3.05, 3.63) is 75.4 Å². The molecule has 1 aliphatic carbocycles. The highest BCUT2D eigenvalue weighted by Crippen LogP contribution is 2.50. The quantitative estimate of drug-likeness (QED) is 0.290. The fourth-order valence-electron chi connectivity index (χ4n) is 5.57. The summed E-state index contributed by atoms with van der Waals surface area (Å²) in [5.41, 5.74) is 3.92. The first-order chi connectivity index (χ1) is 21.1. The molecule has 2 atom stereocenters. The molecule has 3 aromatic rings. The van der Waals surface area contributed by atoms with Crippen molar-refractivity contribution in [1.82, 2.24) is 10.6 Å². The molecule has 2 amide bonds. The number of carbonyl (C=O) groups excluding carboxylic acids is 2. The Balaban J connectivity index is 1.76. The Kier molecular flexibility index (Phi) is 10.4. The number of hydrogen-bond donors (Lipinski definition) is 3. The molecule has 0 aromatic heterocycles. The molecule has 10 heteroatoms. The van der Waals surface area contributed by atoms with Crippen molar-refractivity contribution in [2.45, 2.75) is 52.2 Å². The van der Waals surface area contributed by atoms with Crippen LogP contribution < -0.4 is 40.3 Å². The highest BCUT2D eigenvalue weighted by Gasteiger charge is 2.30. The van der Waals surface area contributed by atoms with Crippen LogP contribution in [-0.4, -0.2) is 46.3 Å². The number of fused-ring (bicyclic) bond motifs is 3. The minimum Gasteiger partial charge on any atom is -0.497 e. The van der Waals surface area contributed by atoms with E-state index in [0.717, 1.165) is 22.4 Å². The molecule has 0 fully saturated rings. The van der Waals surface area contributed by atoms with Gasteiger partial charge in [0.2, 0.25) is 23.0 Å². The lowest BCUT2D eigenvalue weighted by atomic mass is 9.95. The Morgan fingerprint density at radius 2 is 1.61 bits per heavy atom. The van der Waals surface area contributed by atoms with Gasteiger partial charge in [-0.3, -0.25) is 14.4 Å². The summed E-state index contributed by atoms with van der Waals surface area (Å²) in [7, 11) is 6.26. The SMILES string of the molecule is COc1ccc(CNC(=O)[C@@H](Nc2ccc3c(cc2=O)[C@@H](NC(C)=O)CCc2cc(OC)c(OC)c(OC)c2-3)C(C)C)cc1. The average molecular weight is 604 g/mol. The van der Waals surface area contributed by atoms with Crippen LogP contribution in [0.3, 0.4) is 0 Å². The molecule has 1 aliphatic rings. The van der Waals surface area contributed by atoms with E-state index >= 15 is 0 Å². The molecule has 0 saturated heterocycles. The summed E-state index contributed by atoms with van der Waals surface area (Å²) >= 11 is 0. The van der Waals surface area contributed by atoms with Crippen LogP contribution in [0.4, 0.5) is 5.69 Å². The largest absolute Gasteiger partial charge is 0.497 e. The molecule has 0 bridgehead atoms. The van der Waals surface area contributed by atoms with E-state index in [1.165, 1.54) is 13.0 Å². The summed E-state index contributed by atoms with van der Waals surface area (Å²) in [5, 5.41) is 9.19. The zero-order valence-electron chi connectivity index (χ0n) is 26.3. The summed E-state index contributed by atoms with van der Waals surface area (Å²) in [6.07, 6.45) is 1.14. The number of amides is 2. The summed E-state index contributed by atoms with van der Waals surface area (Å²) in [5.74, 6) is 1.59. The molecular formula is C34H41N3O7. The van der Waals surface area contributed by atoms with Gasteiger partial charge in [-0.2, -0.15) is 0 Å². The minimum absolute atomic E-state index is 0.127. The predicted octanol–water partition coefficient (Wildman–Crippen LogP) is 4.62. The van der Waals surface area contributed by atoms with Gasteiger partial charge >= 0.3 is 0 Å². The number of aryl methyl sites for hydroxylation is 1. The van der Waals surface area contributed by atoms with Crippen LogP contribution in [0, 0.1) is 5.92 Å². The molecular weight excluding hydrogens is 562 g/mol. The van der Waals surface area contributed by atoms with Gasteiger partial charge in [0.05, 0.1) is 40.2 Å². The monoisotopic (exact) mass is 603 g/mol. The minimum atomic E-state index is -0.680. The van der Waals surface area contributed by atoms with E-state index in [0.29, 0.717) is 47.8 Å². The molecule has 3 aromatic carbocycles. The van der Waals surface area contributed by atoms with Crippen molar-refractivity contribution in [1.29, 1.82) is 0 Å². The van der Waals surface area contributed by atoms with Crippen molar-refractivity contribution in [3.8, 4) is 34.1 Å². The Bertz CT molecular complexity index is 1570. The van der Waals surface area contributed by atoms with Crippen LogP contribution in [0.1, 0.15) is 49.9 Å². The second-order valence-electron chi connectivity index (χ2n) is 11.0. The van der Waals surface area contributed by atoms with Gasteiger partial charge in [0, 0.05) is 19.0 Å². The van der Waals surface area contributed by atoms with Crippen LogP contribution >= 0.6 is 0 Å². The molecule has 10 nitrogen and oxygen atoms in total. The summed E-state index contributed by atoms with van der Waals surface area (Å²) in [4.78, 5) is 39.3. The predicted molar refractivity (Wildman–Crippen MR) is 170 cm³/mol. The van der Waals surface area contributed by atoms with Crippen molar-refractivity contribution in [2.75, 3.05) is 33.8 Å². The number of ether oxygens (including phenoxy) is 4. The maximum absolute atomic E-state index is 13.8. The number of methoxy groups -OCH3 is 4. The van der Waals surface area contributed by atoms with Gasteiger partial charge in [-0.1, -0.05) is 32.0 Å². The van der Waals surface area contributed by atoms with E-state index in [-0.39, 0.29) is 28.8 Å². The van der Waals surface area contributed by atoms with E-state index in [1.807, 2.05) is 50.2 Å². The van der Waals surface area contributed by atoms with Gasteiger partial charge in [-0.05, 0) is 71.3 Å². The number of anilines is 1. The number of benzene rings is 2. The number of carbonyl (C=O) groups is 2. The summed E-state index contributed by atoms with van der Waals surface area (Å²) in [6, 6.07) is 13.3. The van der Waals surface area contributed by atoms with Crippen LogP contribution in [-0.2, 0) is 22.6 Å². The first-order valence-electron chi connectivity index (χ1n) is 14.6. The Morgan fingerprint density at radius 3 is 2.20 bits per heavy atom. The molecule has 0 spiro atoms. The normalized spacial score (nSPS) is 14.3. The van der Waals surface area contributed by atoms with Gasteiger partial charge in [-0.15, -0.1) is 0 Å². The fourth-order valence-corrected chi connectivity index (χ4v) is 5.57. The van der Waals surface area contributed by atoms with Crippen molar-refractivity contribution >= 4 is 17.5 Å². The Labute approximate surface area is 258 Å². The van der Waals surface area contributed by atoms with Crippen molar-refractivity contribution in [3.63, 3.8) is 0 Å². The third-order valence-corrected chi connectivity index (χ3v) is 7.80. The van der Waals surface area contributed by atoms with Crippen LogP contribution in [0.5, 0.6) is 23.0 Å². The average Bonchev–Trinajstić information content (AvgIpc) is 3.25. The zero-order chi connectivity index (χ0) is 32.0. The van der Waals surface area contributed by atoms with Crippen LogP contribution in [0.15, 0.2) is 53.3 Å². The third-order valence-electron chi connectivity index (χ3n) is 7.80. The standard InChI is InChI=1S/C34H41N3O7/c1-19(2)31(34(40)35-18-21-8-11-23(41-4)12-9-21)37-27-15-13-24-25(17-28(27)39)26(36-20(3)38)14-10-22-16-29(42-5)32(43-6)33(44-7)30(22)24/h8-9,11-13,15-17,19,26,31H,10,14,18H2,1-7H3,(H,35,40)(H,36,38)(H,37,39)/t26-,31-/m0/s1. The van der Waals surface area contributed by atoms with E-state index in [2.05, 4.69) is 16.0 Å². The molecule has 44 heavy (non-hydrogen) atoms. The lowest BCUT2D eigenvalue weighted by molar-refractivity contribution is -0.123. The molecule has 234 valence electrons. The van der Waals surface area contributed by atoms with Crippen molar-refractivity contribution in [2.24, 2.45) is 5.92 Å². The summed E-state index contributed by atoms with van der Waals surface area (Å²) < 4.78 is 22.3. The van der Waals surface area contributed by atoms with E-state index in [1.54, 1.807) is 34.5 Å². The summed E-state index contributed by atoms with van der Waals surface area (Å²) in [6.45, 7) is 5.62. The topological polar surface area (TPSA) is 124 Å². The van der Waals surface area contributed by atoms with Crippen LogP contribution in [0.25, 0.3) is 11.1 Å². The van der Waals surface area contributed by atoms with Gasteiger partial charge in [-0.25, -0.2) is 0 Å². The highest BCUT2D eigenvalue weighted by molar-refractivity contribution is 5.86. The molecule has 3 N–H and O–H groups in total. The lowest BCUT2D eigenvalue weighted by Crippen LogP contribution is -2.43. The third kappa shape index (κ3) is 6.90. The molecule has 0 aliphatic heterocycles. The maximum Gasteiger partial charge on any atom is 0.243 e. The molecule has 0 saturated carbocycles. The van der Waals surface area contributed by atoms with E-state index in [9.17, 15) is 14.4 Å². The van der Waals surface area contributed by atoms with Crippen molar-refractivity contribution < 1.29 is 28.5 Å². The smallest absolute Gasteiger partial charge is 0.243 e. The Morgan fingerprint density at radius 1 is 0.909 bits per heavy atom. The first kappa shape index (κ1) is 32.2. The number of hydrogen-bond acceptors (Lipinski definition) is 8. The fraction of sp³-hybridized carbons (Fsp3) is 0.382. The molecule has 0 heterocycles. The molecule has 0 radical (unpaired) electrons. The van der Waals surface area contributed by atoms with E-state index < -0.39 is 12.1 Å². The molecule has 4 rings (SSSR count). The van der Waals surface area contributed by atoms with E-state index in [4.69, 9.17) is 18.9 Å². The second kappa shape index (κ2) is 14.2. The second-order valence-corrected chi connectivity index (χ2v) is 11.0. The molecule has 0 unspecified atom stereocenters. The first-order valence-corrected chi connectivity index (χ1v) is 14.6. The highest BCUT2D eigenvalue weighted by atomic mass is 16.5. The van der Waals surface area contributed by atoms with Gasteiger partial charge in [0.1, 0.15) is 11.8 Å². The Hall–Kier alpha value is -4.73. The number of nitrogens with one attached hydrogen (secondary N) is 3. The van der Waals surface area contributed by atoms with Gasteiger partial charge < -0.3 is 34.9 Å². The lowest BCUT2D eigenvalue weighted by Gasteiger charge is -2.22.